The molecule has 0 heterocycles. The van der Waals surface area contributed by atoms with Crippen molar-refractivity contribution in [3.8, 4) is 0 Å². The minimum absolute atomic E-state index is 0.261. The van der Waals surface area contributed by atoms with E-state index in [1.165, 1.54) is 12.1 Å². The van der Waals surface area contributed by atoms with Crippen molar-refractivity contribution in [1.29, 1.82) is 0 Å². The molecule has 0 unspecified atom stereocenters. The SMILES string of the molecule is CC(C)c1cccc(NC(=O)C(=O)NCC(C)(C)c2ccc(F)cc2)c1. The Kier molecular flexibility index (Phi) is 6.14. The molecule has 0 atom stereocenters. The van der Waals surface area contributed by atoms with Crippen LogP contribution < -0.4 is 10.6 Å². The molecular formula is C21H25FN2O2. The highest BCUT2D eigenvalue weighted by Crippen LogP contribution is 2.22. The van der Waals surface area contributed by atoms with Gasteiger partial charge in [0.2, 0.25) is 0 Å². The van der Waals surface area contributed by atoms with Crippen LogP contribution in [0.4, 0.5) is 10.1 Å². The van der Waals surface area contributed by atoms with Gasteiger partial charge in [0.05, 0.1) is 0 Å². The number of anilines is 1. The van der Waals surface area contributed by atoms with E-state index < -0.39 is 17.2 Å². The van der Waals surface area contributed by atoms with Gasteiger partial charge in [-0.25, -0.2) is 4.39 Å². The zero-order chi connectivity index (χ0) is 19.3. The quantitative estimate of drug-likeness (QED) is 0.796. The molecule has 2 N–H and O–H groups in total. The van der Waals surface area contributed by atoms with E-state index >= 15 is 0 Å². The fourth-order valence-electron chi connectivity index (χ4n) is 2.55. The molecule has 138 valence electrons. The third kappa shape index (κ3) is 5.15. The van der Waals surface area contributed by atoms with Gasteiger partial charge in [0.25, 0.3) is 0 Å². The molecule has 26 heavy (non-hydrogen) atoms. The average molecular weight is 356 g/mol. The van der Waals surface area contributed by atoms with Gasteiger partial charge in [-0.3, -0.25) is 9.59 Å². The Balaban J connectivity index is 1.95. The second-order valence-corrected chi connectivity index (χ2v) is 7.31. The molecule has 2 amide bonds. The summed E-state index contributed by atoms with van der Waals surface area (Å²) < 4.78 is 13.1. The molecule has 0 spiro atoms. The maximum absolute atomic E-state index is 13.1. The van der Waals surface area contributed by atoms with Gasteiger partial charge in [0, 0.05) is 17.6 Å². The second-order valence-electron chi connectivity index (χ2n) is 7.31. The van der Waals surface area contributed by atoms with E-state index in [1.807, 2.05) is 32.0 Å². The maximum Gasteiger partial charge on any atom is 0.313 e. The number of carbonyl (C=O) groups excluding carboxylic acids is 2. The van der Waals surface area contributed by atoms with Crippen molar-refractivity contribution in [1.82, 2.24) is 5.32 Å². The Hall–Kier alpha value is -2.69. The van der Waals surface area contributed by atoms with Gasteiger partial charge < -0.3 is 10.6 Å². The Morgan fingerprint density at radius 2 is 1.69 bits per heavy atom. The number of rotatable bonds is 5. The van der Waals surface area contributed by atoms with Gasteiger partial charge in [-0.15, -0.1) is 0 Å². The van der Waals surface area contributed by atoms with E-state index in [1.54, 1.807) is 18.2 Å². The first-order chi connectivity index (χ1) is 12.2. The molecule has 0 saturated heterocycles. The number of nitrogens with one attached hydrogen (secondary N) is 2. The summed E-state index contributed by atoms with van der Waals surface area (Å²) in [5.41, 5.74) is 2.13. The third-order valence-corrected chi connectivity index (χ3v) is 4.33. The molecule has 0 aliphatic carbocycles. The fourth-order valence-corrected chi connectivity index (χ4v) is 2.55. The van der Waals surface area contributed by atoms with Crippen molar-refractivity contribution in [3.05, 3.63) is 65.5 Å². The van der Waals surface area contributed by atoms with Crippen LogP contribution in [0.5, 0.6) is 0 Å². The Morgan fingerprint density at radius 1 is 1.04 bits per heavy atom. The fraction of sp³-hybridized carbons (Fsp3) is 0.333. The van der Waals surface area contributed by atoms with Crippen molar-refractivity contribution >= 4 is 17.5 Å². The molecule has 4 nitrogen and oxygen atoms in total. The molecule has 5 heteroatoms. The summed E-state index contributed by atoms with van der Waals surface area (Å²) in [7, 11) is 0. The highest BCUT2D eigenvalue weighted by Gasteiger charge is 2.23. The lowest BCUT2D eigenvalue weighted by Crippen LogP contribution is -2.42. The highest BCUT2D eigenvalue weighted by molar-refractivity contribution is 6.39. The Morgan fingerprint density at radius 3 is 2.31 bits per heavy atom. The van der Waals surface area contributed by atoms with Crippen LogP contribution in [0, 0.1) is 5.82 Å². The molecular weight excluding hydrogens is 331 g/mol. The van der Waals surface area contributed by atoms with Gasteiger partial charge in [0.1, 0.15) is 5.82 Å². The van der Waals surface area contributed by atoms with Crippen LogP contribution in [0.1, 0.15) is 44.7 Å². The van der Waals surface area contributed by atoms with Crippen LogP contribution in [0.3, 0.4) is 0 Å². The van der Waals surface area contributed by atoms with Crippen molar-refractivity contribution in [2.45, 2.75) is 39.0 Å². The van der Waals surface area contributed by atoms with Crippen LogP contribution in [0.25, 0.3) is 0 Å². The minimum Gasteiger partial charge on any atom is -0.347 e. The summed E-state index contributed by atoms with van der Waals surface area (Å²) in [5.74, 6) is -1.38. The molecule has 0 aliphatic rings. The first kappa shape index (κ1) is 19.6. The number of carbonyl (C=O) groups is 2. The number of hydrogen-bond donors (Lipinski definition) is 2. The zero-order valence-electron chi connectivity index (χ0n) is 15.6. The number of benzene rings is 2. The molecule has 2 aromatic rings. The maximum atomic E-state index is 13.1. The van der Waals surface area contributed by atoms with Crippen molar-refractivity contribution in [2.24, 2.45) is 0 Å². The number of halogens is 1. The first-order valence-electron chi connectivity index (χ1n) is 8.64. The van der Waals surface area contributed by atoms with E-state index in [9.17, 15) is 14.0 Å². The lowest BCUT2D eigenvalue weighted by molar-refractivity contribution is -0.136. The lowest BCUT2D eigenvalue weighted by atomic mass is 9.84. The van der Waals surface area contributed by atoms with Gasteiger partial charge in [-0.05, 0) is 41.3 Å². The van der Waals surface area contributed by atoms with Crippen LogP contribution >= 0.6 is 0 Å². The van der Waals surface area contributed by atoms with Crippen LogP contribution in [-0.2, 0) is 15.0 Å². The number of hydrogen-bond acceptors (Lipinski definition) is 2. The van der Waals surface area contributed by atoms with Crippen LogP contribution in [0.15, 0.2) is 48.5 Å². The normalized spacial score (nSPS) is 11.3. The monoisotopic (exact) mass is 356 g/mol. The standard InChI is InChI=1S/C21H25FN2O2/c1-14(2)15-6-5-7-18(12-15)24-20(26)19(25)23-13-21(3,4)16-8-10-17(22)11-9-16/h5-12,14H,13H2,1-4H3,(H,23,25)(H,24,26). The first-order valence-corrected chi connectivity index (χ1v) is 8.64. The Bertz CT molecular complexity index is 783. The lowest BCUT2D eigenvalue weighted by Gasteiger charge is -2.25. The molecule has 0 aliphatic heterocycles. The molecule has 0 aromatic heterocycles. The second kappa shape index (κ2) is 8.13. The van der Waals surface area contributed by atoms with E-state index in [-0.39, 0.29) is 12.4 Å². The summed E-state index contributed by atoms with van der Waals surface area (Å²) in [4.78, 5) is 24.2. The predicted molar refractivity (Wildman–Crippen MR) is 102 cm³/mol. The Labute approximate surface area is 153 Å². The molecule has 0 bridgehead atoms. The van der Waals surface area contributed by atoms with Gasteiger partial charge in [0.15, 0.2) is 0 Å². The largest absolute Gasteiger partial charge is 0.347 e. The van der Waals surface area contributed by atoms with Crippen molar-refractivity contribution in [2.75, 3.05) is 11.9 Å². The van der Waals surface area contributed by atoms with Crippen molar-refractivity contribution < 1.29 is 14.0 Å². The van der Waals surface area contributed by atoms with E-state index in [4.69, 9.17) is 0 Å². The van der Waals surface area contributed by atoms with Gasteiger partial charge in [-0.2, -0.15) is 0 Å². The summed E-state index contributed by atoms with van der Waals surface area (Å²) in [6, 6.07) is 13.6. The predicted octanol–water partition coefficient (Wildman–Crippen LogP) is 3.98. The summed E-state index contributed by atoms with van der Waals surface area (Å²) >= 11 is 0. The minimum atomic E-state index is -0.708. The molecule has 0 fully saturated rings. The smallest absolute Gasteiger partial charge is 0.313 e. The van der Waals surface area contributed by atoms with Gasteiger partial charge >= 0.3 is 11.8 Å². The summed E-state index contributed by atoms with van der Waals surface area (Å²) in [6.07, 6.45) is 0. The molecule has 0 saturated carbocycles. The van der Waals surface area contributed by atoms with E-state index in [0.717, 1.165) is 11.1 Å². The molecule has 2 rings (SSSR count). The van der Waals surface area contributed by atoms with Crippen LogP contribution in [-0.4, -0.2) is 18.4 Å². The van der Waals surface area contributed by atoms with Crippen LogP contribution in [0.2, 0.25) is 0 Å². The van der Waals surface area contributed by atoms with E-state index in [0.29, 0.717) is 11.6 Å². The average Bonchev–Trinajstić information content (AvgIpc) is 2.60. The summed E-state index contributed by atoms with van der Waals surface area (Å²) in [6.45, 7) is 8.22. The topological polar surface area (TPSA) is 58.2 Å². The highest BCUT2D eigenvalue weighted by atomic mass is 19.1. The molecule has 2 aromatic carbocycles. The third-order valence-electron chi connectivity index (χ3n) is 4.33. The van der Waals surface area contributed by atoms with E-state index in [2.05, 4.69) is 24.5 Å². The summed E-state index contributed by atoms with van der Waals surface area (Å²) in [5, 5.41) is 5.27. The van der Waals surface area contributed by atoms with Gasteiger partial charge in [-0.1, -0.05) is 52.0 Å². The zero-order valence-corrected chi connectivity index (χ0v) is 15.6. The van der Waals surface area contributed by atoms with Crippen molar-refractivity contribution in [3.63, 3.8) is 0 Å². The molecule has 0 radical (unpaired) electrons. The number of amides is 2.